The van der Waals surface area contributed by atoms with Gasteiger partial charge < -0.3 is 9.84 Å². The molecule has 0 saturated heterocycles. The number of hydrogen-bond acceptors (Lipinski definition) is 5. The summed E-state index contributed by atoms with van der Waals surface area (Å²) in [7, 11) is 0. The first-order chi connectivity index (χ1) is 11.6. The first-order valence-electron chi connectivity index (χ1n) is 8.26. The van der Waals surface area contributed by atoms with E-state index in [9.17, 15) is 4.79 Å². The van der Waals surface area contributed by atoms with E-state index < -0.39 is 0 Å². The summed E-state index contributed by atoms with van der Waals surface area (Å²) in [4.78, 5) is 19.6. The molecule has 0 unspecified atom stereocenters. The van der Waals surface area contributed by atoms with E-state index in [1.165, 1.54) is 17.7 Å². The lowest BCUT2D eigenvalue weighted by Gasteiger charge is -2.13. The van der Waals surface area contributed by atoms with Gasteiger partial charge in [-0.15, -0.1) is 11.3 Å². The Kier molecular flexibility index (Phi) is 3.84. The van der Waals surface area contributed by atoms with Crippen LogP contribution in [-0.4, -0.2) is 22.1 Å². The van der Waals surface area contributed by atoms with Crippen LogP contribution in [0.5, 0.6) is 0 Å². The van der Waals surface area contributed by atoms with E-state index in [0.29, 0.717) is 22.4 Å². The molecule has 0 aromatic carbocycles. The number of amides is 1. The van der Waals surface area contributed by atoms with Gasteiger partial charge in [0.05, 0.1) is 27.2 Å². The third-order valence-electron chi connectivity index (χ3n) is 4.54. The zero-order chi connectivity index (χ0) is 16.7. The van der Waals surface area contributed by atoms with Gasteiger partial charge in [0.25, 0.3) is 11.6 Å². The number of pyridine rings is 1. The van der Waals surface area contributed by atoms with Crippen molar-refractivity contribution in [3.63, 3.8) is 0 Å². The summed E-state index contributed by atoms with van der Waals surface area (Å²) in [5.74, 6) is -0.0601. The van der Waals surface area contributed by atoms with Crippen molar-refractivity contribution in [1.82, 2.24) is 15.5 Å². The Morgan fingerprint density at radius 1 is 1.29 bits per heavy atom. The van der Waals surface area contributed by atoms with Gasteiger partial charge in [0.15, 0.2) is 0 Å². The number of fused-ring (bicyclic) bond motifs is 1. The van der Waals surface area contributed by atoms with Crippen molar-refractivity contribution in [2.45, 2.75) is 45.6 Å². The van der Waals surface area contributed by atoms with Crippen molar-refractivity contribution in [3.8, 4) is 10.6 Å². The van der Waals surface area contributed by atoms with Crippen molar-refractivity contribution < 1.29 is 9.32 Å². The molecule has 0 atom stereocenters. The normalized spacial score (nSPS) is 15.2. The van der Waals surface area contributed by atoms with Gasteiger partial charge in [0, 0.05) is 10.9 Å². The van der Waals surface area contributed by atoms with Crippen LogP contribution in [-0.2, 0) is 0 Å². The molecule has 6 heteroatoms. The highest BCUT2D eigenvalue weighted by atomic mass is 32.1. The zero-order valence-electron chi connectivity index (χ0n) is 13.8. The van der Waals surface area contributed by atoms with Gasteiger partial charge in [-0.1, -0.05) is 18.0 Å². The molecule has 1 aliphatic carbocycles. The summed E-state index contributed by atoms with van der Waals surface area (Å²) >= 11 is 1.65. The molecule has 124 valence electrons. The van der Waals surface area contributed by atoms with Crippen LogP contribution in [0.4, 0.5) is 0 Å². The average Bonchev–Trinajstić information content (AvgIpc) is 3.29. The summed E-state index contributed by atoms with van der Waals surface area (Å²) in [6, 6.07) is 6.21. The molecule has 3 aromatic heterocycles. The van der Waals surface area contributed by atoms with Crippen LogP contribution in [0, 0.1) is 13.8 Å². The van der Waals surface area contributed by atoms with E-state index in [1.54, 1.807) is 11.3 Å². The Labute approximate surface area is 144 Å². The number of aromatic nitrogens is 2. The second-order valence-corrected chi connectivity index (χ2v) is 7.66. The molecule has 24 heavy (non-hydrogen) atoms. The smallest absolute Gasteiger partial charge is 0.259 e. The standard InChI is InChI=1S/C18H19N3O2S/c1-10-7-8-15(24-10)14-9-13(16-11(2)21-23-18(16)20-14)17(22)19-12-5-3-4-6-12/h7-9,12H,3-6H2,1-2H3,(H,19,22). The maximum absolute atomic E-state index is 12.8. The lowest BCUT2D eigenvalue weighted by molar-refractivity contribution is 0.0939. The van der Waals surface area contributed by atoms with Crippen LogP contribution in [0.15, 0.2) is 22.7 Å². The minimum atomic E-state index is -0.0601. The van der Waals surface area contributed by atoms with Crippen molar-refractivity contribution >= 4 is 28.3 Å². The minimum Gasteiger partial charge on any atom is -0.349 e. The highest BCUT2D eigenvalue weighted by Gasteiger charge is 2.23. The number of carbonyl (C=O) groups excluding carboxylic acids is 1. The summed E-state index contributed by atoms with van der Waals surface area (Å²) in [6.45, 7) is 3.90. The van der Waals surface area contributed by atoms with E-state index >= 15 is 0 Å². The molecule has 0 bridgehead atoms. The summed E-state index contributed by atoms with van der Waals surface area (Å²) in [6.07, 6.45) is 4.48. The van der Waals surface area contributed by atoms with Crippen molar-refractivity contribution in [3.05, 3.63) is 34.3 Å². The Morgan fingerprint density at radius 2 is 2.08 bits per heavy atom. The van der Waals surface area contributed by atoms with Gasteiger partial charge in [0.2, 0.25) is 0 Å². The first kappa shape index (κ1) is 15.3. The summed E-state index contributed by atoms with van der Waals surface area (Å²) in [5.41, 5.74) is 2.48. The molecule has 4 rings (SSSR count). The molecule has 1 aliphatic rings. The highest BCUT2D eigenvalue weighted by Crippen LogP contribution is 2.31. The second-order valence-electron chi connectivity index (χ2n) is 6.37. The van der Waals surface area contributed by atoms with Crippen LogP contribution < -0.4 is 5.32 Å². The van der Waals surface area contributed by atoms with E-state index in [1.807, 2.05) is 19.1 Å². The van der Waals surface area contributed by atoms with Gasteiger partial charge in [0.1, 0.15) is 0 Å². The van der Waals surface area contributed by atoms with Crippen molar-refractivity contribution in [1.29, 1.82) is 0 Å². The zero-order valence-corrected chi connectivity index (χ0v) is 14.6. The monoisotopic (exact) mass is 341 g/mol. The average molecular weight is 341 g/mol. The van der Waals surface area contributed by atoms with Crippen molar-refractivity contribution in [2.24, 2.45) is 0 Å². The molecule has 5 nitrogen and oxygen atoms in total. The molecule has 3 aromatic rings. The molecular weight excluding hydrogens is 322 g/mol. The number of nitrogens with one attached hydrogen (secondary N) is 1. The largest absolute Gasteiger partial charge is 0.349 e. The molecule has 1 amide bonds. The van der Waals surface area contributed by atoms with Gasteiger partial charge in [-0.25, -0.2) is 4.98 Å². The maximum Gasteiger partial charge on any atom is 0.259 e. The van der Waals surface area contributed by atoms with Crippen LogP contribution >= 0.6 is 11.3 Å². The van der Waals surface area contributed by atoms with Crippen LogP contribution in [0.1, 0.15) is 46.6 Å². The fourth-order valence-electron chi connectivity index (χ4n) is 3.31. The Bertz CT molecular complexity index is 906. The summed E-state index contributed by atoms with van der Waals surface area (Å²) in [5, 5.41) is 7.86. The quantitative estimate of drug-likeness (QED) is 0.773. The van der Waals surface area contributed by atoms with E-state index in [2.05, 4.69) is 28.4 Å². The van der Waals surface area contributed by atoms with Crippen LogP contribution in [0.25, 0.3) is 21.7 Å². The Hall–Kier alpha value is -2.21. The van der Waals surface area contributed by atoms with Gasteiger partial charge in [-0.3, -0.25) is 4.79 Å². The van der Waals surface area contributed by atoms with Gasteiger partial charge >= 0.3 is 0 Å². The van der Waals surface area contributed by atoms with E-state index in [-0.39, 0.29) is 11.9 Å². The van der Waals surface area contributed by atoms with Gasteiger partial charge in [-0.2, -0.15) is 0 Å². The summed E-state index contributed by atoms with van der Waals surface area (Å²) < 4.78 is 5.34. The van der Waals surface area contributed by atoms with Crippen LogP contribution in [0.2, 0.25) is 0 Å². The lowest BCUT2D eigenvalue weighted by atomic mass is 10.1. The molecular formula is C18H19N3O2S. The van der Waals surface area contributed by atoms with E-state index in [4.69, 9.17) is 4.52 Å². The first-order valence-corrected chi connectivity index (χ1v) is 9.08. The molecule has 0 radical (unpaired) electrons. The number of nitrogens with zero attached hydrogens (tertiary/aromatic N) is 2. The fraction of sp³-hybridized carbons (Fsp3) is 0.389. The SMILES string of the molecule is Cc1ccc(-c2cc(C(=O)NC3CCCC3)c3c(C)noc3n2)s1. The second kappa shape index (κ2) is 6.02. The Balaban J connectivity index is 1.79. The third-order valence-corrected chi connectivity index (χ3v) is 5.57. The lowest BCUT2D eigenvalue weighted by Crippen LogP contribution is -2.32. The molecule has 1 fully saturated rings. The number of hydrogen-bond donors (Lipinski definition) is 1. The highest BCUT2D eigenvalue weighted by molar-refractivity contribution is 7.15. The fourth-order valence-corrected chi connectivity index (χ4v) is 4.13. The van der Waals surface area contributed by atoms with Gasteiger partial charge in [-0.05, 0) is 44.9 Å². The number of rotatable bonds is 3. The molecule has 1 N–H and O–H groups in total. The predicted molar refractivity (Wildman–Crippen MR) is 94.3 cm³/mol. The number of aryl methyl sites for hydroxylation is 2. The van der Waals surface area contributed by atoms with E-state index in [0.717, 1.165) is 23.4 Å². The third kappa shape index (κ3) is 2.71. The van der Waals surface area contributed by atoms with Crippen LogP contribution in [0.3, 0.4) is 0 Å². The molecule has 0 spiro atoms. The van der Waals surface area contributed by atoms with Crippen molar-refractivity contribution in [2.75, 3.05) is 0 Å². The number of thiophene rings is 1. The molecule has 3 heterocycles. The number of carbonyl (C=O) groups is 1. The Morgan fingerprint density at radius 3 is 2.79 bits per heavy atom. The maximum atomic E-state index is 12.8. The minimum absolute atomic E-state index is 0.0601. The predicted octanol–water partition coefficient (Wildman–Crippen LogP) is 4.24. The molecule has 1 saturated carbocycles. The topological polar surface area (TPSA) is 68.0 Å². The molecule has 0 aliphatic heterocycles.